The van der Waals surface area contributed by atoms with Crippen LogP contribution in [0.5, 0.6) is 0 Å². The van der Waals surface area contributed by atoms with Crippen molar-refractivity contribution in [1.82, 2.24) is 10.2 Å². The molecule has 0 radical (unpaired) electrons. The van der Waals surface area contributed by atoms with Gasteiger partial charge in [0.05, 0.1) is 18.1 Å². The van der Waals surface area contributed by atoms with Gasteiger partial charge in [-0.1, -0.05) is 12.1 Å². The number of hydrogen-bond donors (Lipinski definition) is 1. The summed E-state index contributed by atoms with van der Waals surface area (Å²) < 4.78 is 27.8. The van der Waals surface area contributed by atoms with Gasteiger partial charge in [0.25, 0.3) is 0 Å². The summed E-state index contributed by atoms with van der Waals surface area (Å²) in [6, 6.07) is 6.38. The molecule has 6 nitrogen and oxygen atoms in total. The topological polar surface area (TPSA) is 75.7 Å². The summed E-state index contributed by atoms with van der Waals surface area (Å²) in [6.45, 7) is 2.70. The fourth-order valence-electron chi connectivity index (χ4n) is 1.91. The lowest BCUT2D eigenvalue weighted by molar-refractivity contribution is 0.0531. The van der Waals surface area contributed by atoms with Crippen molar-refractivity contribution in [2.45, 2.75) is 11.4 Å². The van der Waals surface area contributed by atoms with Crippen LogP contribution in [-0.4, -0.2) is 51.9 Å². The number of benzene rings is 1. The predicted molar refractivity (Wildman–Crippen MR) is 74.2 cm³/mol. The van der Waals surface area contributed by atoms with Gasteiger partial charge < -0.3 is 15.0 Å². The van der Waals surface area contributed by atoms with Crippen LogP contribution < -0.4 is 5.32 Å². The van der Waals surface area contributed by atoms with Crippen LogP contribution in [0.2, 0.25) is 0 Å². The normalized spacial score (nSPS) is 15.9. The smallest absolute Gasteiger partial charge is 0.317 e. The molecule has 1 heterocycles. The molecule has 1 fully saturated rings. The molecule has 2 amide bonds. The number of nitrogens with zero attached hydrogens (tertiary/aromatic N) is 1. The molecule has 0 spiro atoms. The van der Waals surface area contributed by atoms with Gasteiger partial charge in [0, 0.05) is 25.9 Å². The van der Waals surface area contributed by atoms with Crippen molar-refractivity contribution in [3.8, 4) is 0 Å². The third-order valence-corrected chi connectivity index (χ3v) is 4.22. The second-order valence-electron chi connectivity index (χ2n) is 4.67. The maximum atomic E-state index is 11.9. The second kappa shape index (κ2) is 6.23. The average molecular weight is 298 g/mol. The summed E-state index contributed by atoms with van der Waals surface area (Å²) in [4.78, 5) is 13.8. The van der Waals surface area contributed by atoms with E-state index in [1.165, 1.54) is 6.26 Å². The van der Waals surface area contributed by atoms with E-state index < -0.39 is 9.84 Å². The fraction of sp³-hybridized carbons (Fsp3) is 0.462. The maximum Gasteiger partial charge on any atom is 0.317 e. The predicted octanol–water partition coefficient (Wildman–Crippen LogP) is 0.632. The van der Waals surface area contributed by atoms with Crippen LogP contribution in [0.1, 0.15) is 5.56 Å². The first kappa shape index (κ1) is 14.8. The highest BCUT2D eigenvalue weighted by atomic mass is 32.2. The third-order valence-electron chi connectivity index (χ3n) is 3.09. The molecule has 0 saturated carbocycles. The third kappa shape index (κ3) is 3.94. The Kier molecular flexibility index (Phi) is 4.61. The minimum Gasteiger partial charge on any atom is -0.378 e. The summed E-state index contributed by atoms with van der Waals surface area (Å²) >= 11 is 0. The summed E-state index contributed by atoms with van der Waals surface area (Å²) in [5.74, 6) is 0. The van der Waals surface area contributed by atoms with E-state index in [4.69, 9.17) is 4.74 Å². The molecule has 1 N–H and O–H groups in total. The van der Waals surface area contributed by atoms with E-state index in [0.717, 1.165) is 5.56 Å². The van der Waals surface area contributed by atoms with Crippen LogP contribution in [0.25, 0.3) is 0 Å². The number of morpholine rings is 1. The number of ether oxygens (including phenoxy) is 1. The molecule has 110 valence electrons. The number of sulfone groups is 1. The Bertz CT molecular complexity index is 563. The molecular formula is C13H18N2O4S. The van der Waals surface area contributed by atoms with Gasteiger partial charge in [0.2, 0.25) is 0 Å². The lowest BCUT2D eigenvalue weighted by Gasteiger charge is -2.26. The molecule has 1 saturated heterocycles. The molecule has 2 rings (SSSR count). The number of amides is 2. The van der Waals surface area contributed by atoms with Gasteiger partial charge in [-0.25, -0.2) is 13.2 Å². The number of carbonyl (C=O) groups is 1. The van der Waals surface area contributed by atoms with Crippen molar-refractivity contribution >= 4 is 15.9 Å². The number of hydrogen-bond acceptors (Lipinski definition) is 4. The summed E-state index contributed by atoms with van der Waals surface area (Å²) in [7, 11) is -3.18. The Hall–Kier alpha value is -1.60. The SMILES string of the molecule is CS(=O)(=O)c1ccc(CNC(=O)N2CCOCC2)cc1. The van der Waals surface area contributed by atoms with Crippen LogP contribution >= 0.6 is 0 Å². The van der Waals surface area contributed by atoms with Crippen LogP contribution in [0.15, 0.2) is 29.2 Å². The van der Waals surface area contributed by atoms with Crippen molar-refractivity contribution in [3.63, 3.8) is 0 Å². The molecule has 1 aliphatic rings. The van der Waals surface area contributed by atoms with Crippen LogP contribution in [-0.2, 0) is 21.1 Å². The quantitative estimate of drug-likeness (QED) is 0.888. The molecule has 0 unspecified atom stereocenters. The van der Waals surface area contributed by atoms with Gasteiger partial charge in [-0.2, -0.15) is 0 Å². The summed E-state index contributed by atoms with van der Waals surface area (Å²) in [5, 5.41) is 2.81. The zero-order valence-corrected chi connectivity index (χ0v) is 12.1. The van der Waals surface area contributed by atoms with Crippen molar-refractivity contribution in [2.24, 2.45) is 0 Å². The Labute approximate surface area is 118 Å². The zero-order chi connectivity index (χ0) is 14.6. The Balaban J connectivity index is 1.89. The second-order valence-corrected chi connectivity index (χ2v) is 6.69. The highest BCUT2D eigenvalue weighted by molar-refractivity contribution is 7.90. The van der Waals surface area contributed by atoms with Crippen LogP contribution in [0.3, 0.4) is 0 Å². The van der Waals surface area contributed by atoms with Crippen LogP contribution in [0.4, 0.5) is 4.79 Å². The number of urea groups is 1. The molecule has 1 aromatic carbocycles. The minimum atomic E-state index is -3.18. The fourth-order valence-corrected chi connectivity index (χ4v) is 2.54. The average Bonchev–Trinajstić information content (AvgIpc) is 2.45. The first-order valence-electron chi connectivity index (χ1n) is 6.36. The van der Waals surface area contributed by atoms with Crippen molar-refractivity contribution in [2.75, 3.05) is 32.6 Å². The highest BCUT2D eigenvalue weighted by Crippen LogP contribution is 2.10. The Morgan fingerprint density at radius 3 is 2.40 bits per heavy atom. The standard InChI is InChI=1S/C13H18N2O4S/c1-20(17,18)12-4-2-11(3-5-12)10-14-13(16)15-6-8-19-9-7-15/h2-5H,6-10H2,1H3,(H,14,16). The highest BCUT2D eigenvalue weighted by Gasteiger charge is 2.16. The Morgan fingerprint density at radius 2 is 1.85 bits per heavy atom. The first-order valence-corrected chi connectivity index (χ1v) is 8.25. The molecule has 20 heavy (non-hydrogen) atoms. The van der Waals surface area contributed by atoms with E-state index in [-0.39, 0.29) is 10.9 Å². The minimum absolute atomic E-state index is 0.125. The molecule has 7 heteroatoms. The first-order chi connectivity index (χ1) is 9.47. The van der Waals surface area contributed by atoms with Gasteiger partial charge in [-0.15, -0.1) is 0 Å². The molecule has 1 aromatic rings. The largest absolute Gasteiger partial charge is 0.378 e. The molecule has 0 bridgehead atoms. The summed E-state index contributed by atoms with van der Waals surface area (Å²) in [5.41, 5.74) is 0.860. The molecule has 0 aliphatic carbocycles. The van der Waals surface area contributed by atoms with Gasteiger partial charge in [0.1, 0.15) is 0 Å². The lowest BCUT2D eigenvalue weighted by Crippen LogP contribution is -2.45. The number of carbonyl (C=O) groups excluding carboxylic acids is 1. The zero-order valence-electron chi connectivity index (χ0n) is 11.3. The summed E-state index contributed by atoms with van der Waals surface area (Å²) in [6.07, 6.45) is 1.17. The van der Waals surface area contributed by atoms with Gasteiger partial charge in [-0.05, 0) is 17.7 Å². The van der Waals surface area contributed by atoms with Crippen molar-refractivity contribution in [3.05, 3.63) is 29.8 Å². The van der Waals surface area contributed by atoms with Crippen molar-refractivity contribution < 1.29 is 17.9 Å². The van der Waals surface area contributed by atoms with E-state index in [1.807, 2.05) is 0 Å². The van der Waals surface area contributed by atoms with Crippen LogP contribution in [0, 0.1) is 0 Å². The van der Waals surface area contributed by atoms with Gasteiger partial charge in [-0.3, -0.25) is 0 Å². The van der Waals surface area contributed by atoms with E-state index in [2.05, 4.69) is 5.32 Å². The Morgan fingerprint density at radius 1 is 1.25 bits per heavy atom. The lowest BCUT2D eigenvalue weighted by atomic mass is 10.2. The maximum absolute atomic E-state index is 11.9. The molecule has 0 atom stereocenters. The van der Waals surface area contributed by atoms with E-state index in [0.29, 0.717) is 32.8 Å². The number of rotatable bonds is 3. The monoisotopic (exact) mass is 298 g/mol. The van der Waals surface area contributed by atoms with E-state index in [1.54, 1.807) is 29.2 Å². The van der Waals surface area contributed by atoms with Crippen molar-refractivity contribution in [1.29, 1.82) is 0 Å². The number of nitrogens with one attached hydrogen (secondary N) is 1. The van der Waals surface area contributed by atoms with Gasteiger partial charge in [0.15, 0.2) is 9.84 Å². The van der Waals surface area contributed by atoms with Gasteiger partial charge >= 0.3 is 6.03 Å². The molecular weight excluding hydrogens is 280 g/mol. The van der Waals surface area contributed by atoms with E-state index >= 15 is 0 Å². The molecule has 0 aromatic heterocycles. The molecule has 1 aliphatic heterocycles. The van der Waals surface area contributed by atoms with E-state index in [9.17, 15) is 13.2 Å².